The highest BCUT2D eigenvalue weighted by Gasteiger charge is 2.16. The van der Waals surface area contributed by atoms with Crippen LogP contribution in [-0.4, -0.2) is 40.8 Å². The van der Waals surface area contributed by atoms with Gasteiger partial charge in [0.1, 0.15) is 0 Å². The van der Waals surface area contributed by atoms with E-state index in [1.807, 2.05) is 30.3 Å². The molecule has 11 heteroatoms. The van der Waals surface area contributed by atoms with E-state index in [1.54, 1.807) is 0 Å². The third kappa shape index (κ3) is 7.26. The maximum absolute atomic E-state index is 12.1. The maximum Gasteiger partial charge on any atom is 0.280 e. The van der Waals surface area contributed by atoms with Gasteiger partial charge in [0.25, 0.3) is 5.91 Å². The summed E-state index contributed by atoms with van der Waals surface area (Å²) in [7, 11) is 0. The number of carbonyl (C=O) groups excluding carboxylic acids is 2. The number of amides is 2. The average Bonchev–Trinajstić information content (AvgIpc) is 2.68. The molecule has 0 aliphatic heterocycles. The van der Waals surface area contributed by atoms with Crippen molar-refractivity contribution in [3.63, 3.8) is 0 Å². The Morgan fingerprint density at radius 2 is 1.79 bits per heavy atom. The van der Waals surface area contributed by atoms with Gasteiger partial charge in [-0.1, -0.05) is 41.9 Å². The van der Waals surface area contributed by atoms with Crippen LogP contribution in [0.4, 0.5) is 11.6 Å². The van der Waals surface area contributed by atoms with Crippen LogP contribution < -0.4 is 27.8 Å². The first kappa shape index (κ1) is 21.9. The number of guanidine groups is 1. The molecule has 0 radical (unpaired) electrons. The van der Waals surface area contributed by atoms with E-state index in [0.29, 0.717) is 25.9 Å². The number of aliphatic imine (C=N–C) groups is 1. The molecule has 0 aliphatic rings. The van der Waals surface area contributed by atoms with E-state index < -0.39 is 5.91 Å². The quantitative estimate of drug-likeness (QED) is 0.235. The highest BCUT2D eigenvalue weighted by Crippen LogP contribution is 2.17. The number of hydrogen-bond donors (Lipinski definition) is 5. The lowest BCUT2D eigenvalue weighted by atomic mass is 10.1. The molecule has 1 aromatic carbocycles. The number of nitrogens with two attached hydrogens (primary N) is 3. The Morgan fingerprint density at radius 1 is 1.07 bits per heavy atom. The average molecular weight is 419 g/mol. The van der Waals surface area contributed by atoms with E-state index in [0.717, 1.165) is 12.0 Å². The van der Waals surface area contributed by atoms with Crippen molar-refractivity contribution in [2.45, 2.75) is 19.3 Å². The predicted molar refractivity (Wildman–Crippen MR) is 112 cm³/mol. The molecule has 154 valence electrons. The van der Waals surface area contributed by atoms with E-state index in [9.17, 15) is 9.59 Å². The lowest BCUT2D eigenvalue weighted by molar-refractivity contribution is -0.120. The number of nitrogens with one attached hydrogen (secondary N) is 2. The number of nitrogen functional groups attached to an aromatic ring is 2. The Kier molecular flexibility index (Phi) is 8.16. The fraction of sp³-hybridized carbons (Fsp3) is 0.278. The van der Waals surface area contributed by atoms with Gasteiger partial charge in [0.05, 0.1) is 6.42 Å². The van der Waals surface area contributed by atoms with Gasteiger partial charge >= 0.3 is 0 Å². The molecule has 0 unspecified atom stereocenters. The number of anilines is 2. The molecule has 0 aliphatic carbocycles. The minimum absolute atomic E-state index is 0.0349. The molecule has 2 aromatic rings. The highest BCUT2D eigenvalue weighted by atomic mass is 35.5. The van der Waals surface area contributed by atoms with Gasteiger partial charge < -0.3 is 22.5 Å². The summed E-state index contributed by atoms with van der Waals surface area (Å²) < 4.78 is 0. The SMILES string of the molecule is NC(=NCCCCNC(=O)Cc1ccccc1)NC(=O)c1nc(Cl)c(N)nc1N. The summed E-state index contributed by atoms with van der Waals surface area (Å²) in [5, 5.41) is 5.08. The van der Waals surface area contributed by atoms with Crippen molar-refractivity contribution >= 4 is 41.0 Å². The Hall–Kier alpha value is -3.40. The number of carbonyl (C=O) groups is 2. The molecule has 0 bridgehead atoms. The second-order valence-corrected chi connectivity index (χ2v) is 6.43. The van der Waals surface area contributed by atoms with Crippen molar-refractivity contribution in [3.05, 3.63) is 46.7 Å². The van der Waals surface area contributed by atoms with Crippen molar-refractivity contribution in [2.75, 3.05) is 24.6 Å². The van der Waals surface area contributed by atoms with Crippen molar-refractivity contribution < 1.29 is 9.59 Å². The molecular weight excluding hydrogens is 396 g/mol. The lowest BCUT2D eigenvalue weighted by Crippen LogP contribution is -2.38. The van der Waals surface area contributed by atoms with Crippen LogP contribution in [0.1, 0.15) is 28.9 Å². The summed E-state index contributed by atoms with van der Waals surface area (Å²) in [5.74, 6) is -1.04. The van der Waals surface area contributed by atoms with Gasteiger partial charge in [0.2, 0.25) is 5.91 Å². The van der Waals surface area contributed by atoms with Crippen LogP contribution >= 0.6 is 11.6 Å². The Morgan fingerprint density at radius 3 is 2.52 bits per heavy atom. The molecule has 2 rings (SSSR count). The predicted octanol–water partition coefficient (Wildman–Crippen LogP) is 0.478. The van der Waals surface area contributed by atoms with Crippen LogP contribution in [0.3, 0.4) is 0 Å². The number of rotatable bonds is 8. The Balaban J connectivity index is 1.68. The zero-order valence-corrected chi connectivity index (χ0v) is 16.4. The Bertz CT molecular complexity index is 889. The first-order chi connectivity index (χ1) is 13.9. The summed E-state index contributed by atoms with van der Waals surface area (Å²) in [6, 6.07) is 9.51. The number of nitrogens with zero attached hydrogens (tertiary/aromatic N) is 3. The van der Waals surface area contributed by atoms with Crippen LogP contribution in [-0.2, 0) is 11.2 Å². The van der Waals surface area contributed by atoms with Crippen LogP contribution in [0.25, 0.3) is 0 Å². The molecular formula is C18H23ClN8O2. The minimum atomic E-state index is -0.689. The molecule has 29 heavy (non-hydrogen) atoms. The van der Waals surface area contributed by atoms with Gasteiger partial charge in [0.15, 0.2) is 28.4 Å². The van der Waals surface area contributed by atoms with E-state index in [-0.39, 0.29) is 34.3 Å². The number of halogens is 1. The van der Waals surface area contributed by atoms with Crippen molar-refractivity contribution in [1.29, 1.82) is 0 Å². The van der Waals surface area contributed by atoms with E-state index >= 15 is 0 Å². The van der Waals surface area contributed by atoms with E-state index in [4.69, 9.17) is 28.8 Å². The maximum atomic E-state index is 12.1. The lowest BCUT2D eigenvalue weighted by Gasteiger charge is -2.07. The molecule has 1 aromatic heterocycles. The molecule has 10 nitrogen and oxygen atoms in total. The van der Waals surface area contributed by atoms with Crippen LogP contribution in [0.15, 0.2) is 35.3 Å². The Labute approximate surface area is 172 Å². The molecule has 8 N–H and O–H groups in total. The van der Waals surface area contributed by atoms with Crippen molar-refractivity contribution in [3.8, 4) is 0 Å². The first-order valence-electron chi connectivity index (χ1n) is 8.87. The van der Waals surface area contributed by atoms with Crippen molar-refractivity contribution in [2.24, 2.45) is 10.7 Å². The summed E-state index contributed by atoms with van der Waals surface area (Å²) in [5.41, 5.74) is 17.5. The summed E-state index contributed by atoms with van der Waals surface area (Å²) in [4.78, 5) is 35.5. The fourth-order valence-electron chi connectivity index (χ4n) is 2.33. The molecule has 0 saturated carbocycles. The zero-order chi connectivity index (χ0) is 21.2. The second kappa shape index (κ2) is 10.8. The van der Waals surface area contributed by atoms with Crippen molar-refractivity contribution in [1.82, 2.24) is 20.6 Å². The minimum Gasteiger partial charge on any atom is -0.382 e. The van der Waals surface area contributed by atoms with E-state index in [2.05, 4.69) is 25.6 Å². The molecule has 0 saturated heterocycles. The topological polar surface area (TPSA) is 174 Å². The number of unbranched alkanes of at least 4 members (excludes halogenated alkanes) is 1. The highest BCUT2D eigenvalue weighted by molar-refractivity contribution is 6.31. The van der Waals surface area contributed by atoms with Gasteiger partial charge in [-0.05, 0) is 18.4 Å². The van der Waals surface area contributed by atoms with Gasteiger partial charge in [0, 0.05) is 13.1 Å². The summed E-state index contributed by atoms with van der Waals surface area (Å²) in [6.45, 7) is 0.911. The molecule has 0 fully saturated rings. The van der Waals surface area contributed by atoms with Crippen LogP contribution in [0.5, 0.6) is 0 Å². The normalized spacial score (nSPS) is 11.1. The first-order valence-corrected chi connectivity index (χ1v) is 9.25. The third-order valence-corrected chi connectivity index (χ3v) is 4.04. The number of benzene rings is 1. The van der Waals surface area contributed by atoms with Gasteiger partial charge in [-0.15, -0.1) is 0 Å². The fourth-order valence-corrected chi connectivity index (χ4v) is 2.46. The van der Waals surface area contributed by atoms with Gasteiger partial charge in [-0.25, -0.2) is 9.97 Å². The monoisotopic (exact) mass is 418 g/mol. The van der Waals surface area contributed by atoms with Crippen LogP contribution in [0.2, 0.25) is 5.15 Å². The molecule has 1 heterocycles. The van der Waals surface area contributed by atoms with Crippen LogP contribution in [0, 0.1) is 0 Å². The molecule has 0 spiro atoms. The molecule has 2 amide bonds. The van der Waals surface area contributed by atoms with Gasteiger partial charge in [-0.3, -0.25) is 19.9 Å². The summed E-state index contributed by atoms with van der Waals surface area (Å²) in [6.07, 6.45) is 1.74. The zero-order valence-electron chi connectivity index (χ0n) is 15.7. The second-order valence-electron chi connectivity index (χ2n) is 6.07. The summed E-state index contributed by atoms with van der Waals surface area (Å²) >= 11 is 5.74. The molecule has 0 atom stereocenters. The third-order valence-electron chi connectivity index (χ3n) is 3.76. The standard InChI is InChI=1S/C18H23ClN8O2/c19-14-16(21)26-15(20)13(25-14)17(29)27-18(22)24-9-5-4-8-23-12(28)10-11-6-2-1-3-7-11/h1-3,6-7H,4-5,8-10H2,(H,23,28)(H4,20,21,26)(H3,22,24,27,29). The smallest absolute Gasteiger partial charge is 0.280 e. The van der Waals surface area contributed by atoms with E-state index in [1.165, 1.54) is 0 Å². The number of aromatic nitrogens is 2. The largest absolute Gasteiger partial charge is 0.382 e. The number of hydrogen-bond acceptors (Lipinski definition) is 7. The van der Waals surface area contributed by atoms with Gasteiger partial charge in [-0.2, -0.15) is 0 Å².